The molecule has 1 amide bonds. The van der Waals surface area contributed by atoms with Gasteiger partial charge in [-0.3, -0.25) is 14.5 Å². The van der Waals surface area contributed by atoms with Crippen LogP contribution in [0.25, 0.3) is 0 Å². The zero-order valence-electron chi connectivity index (χ0n) is 14.8. The minimum atomic E-state index is -3.49. The predicted octanol–water partition coefficient (Wildman–Crippen LogP) is 0.995. The molecule has 0 aromatic heterocycles. The molecule has 1 atom stereocenters. The van der Waals surface area contributed by atoms with Crippen molar-refractivity contribution in [1.82, 2.24) is 14.9 Å². The van der Waals surface area contributed by atoms with E-state index in [1.54, 1.807) is 24.3 Å². The van der Waals surface area contributed by atoms with E-state index >= 15 is 0 Å². The second kappa shape index (κ2) is 8.83. The van der Waals surface area contributed by atoms with Crippen LogP contribution in [0.2, 0.25) is 0 Å². The number of rotatable bonds is 6. The molecule has 7 nitrogen and oxygen atoms in total. The van der Waals surface area contributed by atoms with Crippen molar-refractivity contribution in [3.8, 4) is 0 Å². The van der Waals surface area contributed by atoms with Gasteiger partial charge in [0.25, 0.3) is 10.0 Å². The van der Waals surface area contributed by atoms with Crippen LogP contribution in [0.1, 0.15) is 24.8 Å². The Morgan fingerprint density at radius 3 is 2.92 bits per heavy atom. The Balaban J connectivity index is 0.00000243. The number of amides is 1. The number of hydrogen-bond donors (Lipinski definition) is 2. The first-order chi connectivity index (χ1) is 12.0. The Hall–Kier alpha value is -1.64. The Labute approximate surface area is 160 Å². The van der Waals surface area contributed by atoms with Crippen molar-refractivity contribution in [3.63, 3.8) is 0 Å². The first kappa shape index (κ1) is 20.7. The highest BCUT2D eigenvalue weighted by Gasteiger charge is 2.30. The molecule has 3 rings (SSSR count). The maximum absolute atomic E-state index is 12.2. The van der Waals surface area contributed by atoms with E-state index in [0.29, 0.717) is 36.7 Å². The van der Waals surface area contributed by atoms with Crippen molar-refractivity contribution in [2.45, 2.75) is 24.2 Å². The van der Waals surface area contributed by atoms with Gasteiger partial charge < -0.3 is 10.2 Å². The molecule has 0 spiro atoms. The molecular weight excluding hydrogens is 376 g/mol. The van der Waals surface area contributed by atoms with Crippen LogP contribution in [0.4, 0.5) is 0 Å². The van der Waals surface area contributed by atoms with E-state index in [0.717, 1.165) is 26.1 Å². The third kappa shape index (κ3) is 4.55. The molecule has 0 bridgehead atoms. The van der Waals surface area contributed by atoms with E-state index in [1.165, 1.54) is 0 Å². The number of halogens is 1. The van der Waals surface area contributed by atoms with E-state index in [1.807, 2.05) is 11.9 Å². The van der Waals surface area contributed by atoms with Gasteiger partial charge in [-0.15, -0.1) is 12.4 Å². The zero-order valence-corrected chi connectivity index (χ0v) is 16.4. The predicted molar refractivity (Wildman–Crippen MR) is 103 cm³/mol. The van der Waals surface area contributed by atoms with Crippen molar-refractivity contribution >= 4 is 34.2 Å². The van der Waals surface area contributed by atoms with Gasteiger partial charge in [-0.2, -0.15) is 0 Å². The van der Waals surface area contributed by atoms with Crippen molar-refractivity contribution < 1.29 is 13.2 Å². The lowest BCUT2D eigenvalue weighted by molar-refractivity contribution is -0.130. The number of benzene rings is 1. The Bertz CT molecular complexity index is 782. The second-order valence-corrected chi connectivity index (χ2v) is 8.14. The van der Waals surface area contributed by atoms with Crippen molar-refractivity contribution in [3.05, 3.63) is 29.8 Å². The van der Waals surface area contributed by atoms with Crippen molar-refractivity contribution in [2.75, 3.05) is 33.2 Å². The molecular formula is C17H25ClN4O3S. The largest absolute Gasteiger partial charge is 0.342 e. The quantitative estimate of drug-likeness (QED) is 0.697. The highest BCUT2D eigenvalue weighted by Crippen LogP contribution is 2.22. The molecule has 0 radical (unpaired) electrons. The summed E-state index contributed by atoms with van der Waals surface area (Å²) >= 11 is 0. The van der Waals surface area contributed by atoms with Gasteiger partial charge in [-0.05, 0) is 44.5 Å². The molecule has 0 saturated carbocycles. The topological polar surface area (TPSA) is 90.9 Å². The molecule has 2 aliphatic heterocycles. The van der Waals surface area contributed by atoms with Crippen LogP contribution in [0.3, 0.4) is 0 Å². The minimum Gasteiger partial charge on any atom is -0.342 e. The van der Waals surface area contributed by atoms with Gasteiger partial charge in [0, 0.05) is 31.6 Å². The van der Waals surface area contributed by atoms with Crippen LogP contribution < -0.4 is 10.0 Å². The fourth-order valence-electron chi connectivity index (χ4n) is 3.35. The van der Waals surface area contributed by atoms with Gasteiger partial charge >= 0.3 is 0 Å². The lowest BCUT2D eigenvalue weighted by Gasteiger charge is -2.16. The Kier molecular flexibility index (Phi) is 7.02. The fraction of sp³-hybridized carbons (Fsp3) is 0.529. The highest BCUT2D eigenvalue weighted by molar-refractivity contribution is 7.90. The number of sulfonamides is 1. The number of fused-ring (bicyclic) bond motifs is 1. The Morgan fingerprint density at radius 1 is 1.38 bits per heavy atom. The summed E-state index contributed by atoms with van der Waals surface area (Å²) in [6.45, 7) is 3.01. The van der Waals surface area contributed by atoms with E-state index in [9.17, 15) is 13.2 Å². The number of aliphatic imine (C=N–C) groups is 1. The summed E-state index contributed by atoms with van der Waals surface area (Å²) in [7, 11) is -1.57. The number of nitrogens with one attached hydrogen (secondary N) is 2. The van der Waals surface area contributed by atoms with Crippen LogP contribution in [-0.4, -0.2) is 58.3 Å². The summed E-state index contributed by atoms with van der Waals surface area (Å²) in [6.07, 6.45) is 2.10. The number of nitrogens with zero attached hydrogens (tertiary/aromatic N) is 2. The van der Waals surface area contributed by atoms with E-state index < -0.39 is 10.0 Å². The van der Waals surface area contributed by atoms with Gasteiger partial charge in [-0.25, -0.2) is 8.42 Å². The van der Waals surface area contributed by atoms with Gasteiger partial charge in [0.05, 0.1) is 4.90 Å². The smallest absolute Gasteiger partial charge is 0.263 e. The number of carbonyl (C=O) groups excluding carboxylic acids is 1. The molecule has 144 valence electrons. The van der Waals surface area contributed by atoms with E-state index in [-0.39, 0.29) is 23.2 Å². The fourth-order valence-corrected chi connectivity index (χ4v) is 4.60. The lowest BCUT2D eigenvalue weighted by Crippen LogP contribution is -2.30. The molecule has 26 heavy (non-hydrogen) atoms. The number of likely N-dealkylation sites (tertiary alicyclic amines) is 1. The SMILES string of the molecule is CNCC1CCN(C(=O)CCCN=C2NS(=O)(=O)c3ccccc32)C1.Cl. The van der Waals surface area contributed by atoms with Gasteiger partial charge in [0.1, 0.15) is 5.84 Å². The first-order valence-corrected chi connectivity index (χ1v) is 10.1. The van der Waals surface area contributed by atoms with E-state index in [2.05, 4.69) is 15.0 Å². The summed E-state index contributed by atoms with van der Waals surface area (Å²) in [5.41, 5.74) is 0.600. The van der Waals surface area contributed by atoms with Crippen LogP contribution in [0.15, 0.2) is 34.2 Å². The third-order valence-electron chi connectivity index (χ3n) is 4.61. The number of hydrogen-bond acceptors (Lipinski definition) is 5. The standard InChI is InChI=1S/C17H24N4O3S.ClH/c1-18-11-13-8-10-21(12-13)16(22)7-4-9-19-17-14-5-2-3-6-15(14)25(23,24)20-17;/h2-3,5-6,13,18H,4,7-12H2,1H3,(H,19,20);1H. The molecule has 1 unspecified atom stereocenters. The highest BCUT2D eigenvalue weighted by atomic mass is 35.5. The molecule has 2 heterocycles. The molecule has 2 aliphatic rings. The van der Waals surface area contributed by atoms with Crippen LogP contribution in [-0.2, 0) is 14.8 Å². The van der Waals surface area contributed by atoms with Gasteiger partial charge in [-0.1, -0.05) is 12.1 Å². The molecule has 1 aromatic rings. The summed E-state index contributed by atoms with van der Waals surface area (Å²) in [4.78, 5) is 18.8. The maximum atomic E-state index is 12.2. The summed E-state index contributed by atoms with van der Waals surface area (Å²) < 4.78 is 26.5. The normalized spacial score (nSPS) is 22.0. The Morgan fingerprint density at radius 2 is 2.15 bits per heavy atom. The average Bonchev–Trinajstić information content (AvgIpc) is 3.15. The average molecular weight is 401 g/mol. The monoisotopic (exact) mass is 400 g/mol. The molecule has 1 fully saturated rings. The molecule has 1 saturated heterocycles. The second-order valence-electron chi connectivity index (χ2n) is 6.49. The number of amidine groups is 1. The van der Waals surface area contributed by atoms with Crippen LogP contribution >= 0.6 is 12.4 Å². The molecule has 9 heteroatoms. The molecule has 1 aromatic carbocycles. The van der Waals surface area contributed by atoms with Crippen LogP contribution in [0, 0.1) is 5.92 Å². The molecule has 2 N–H and O–H groups in total. The zero-order chi connectivity index (χ0) is 17.9. The van der Waals surface area contributed by atoms with E-state index in [4.69, 9.17) is 0 Å². The van der Waals surface area contributed by atoms with Crippen LogP contribution in [0.5, 0.6) is 0 Å². The lowest BCUT2D eigenvalue weighted by atomic mass is 10.1. The summed E-state index contributed by atoms with van der Waals surface area (Å²) in [5, 5.41) is 3.16. The maximum Gasteiger partial charge on any atom is 0.263 e. The number of carbonyl (C=O) groups is 1. The third-order valence-corrected chi connectivity index (χ3v) is 6.01. The van der Waals surface area contributed by atoms with Crippen molar-refractivity contribution in [2.24, 2.45) is 10.9 Å². The van der Waals surface area contributed by atoms with Gasteiger partial charge in [0.15, 0.2) is 0 Å². The summed E-state index contributed by atoms with van der Waals surface area (Å²) in [5.74, 6) is 1.07. The summed E-state index contributed by atoms with van der Waals surface area (Å²) in [6, 6.07) is 6.79. The van der Waals surface area contributed by atoms with Gasteiger partial charge in [0.2, 0.25) is 5.91 Å². The minimum absolute atomic E-state index is 0. The van der Waals surface area contributed by atoms with Crippen molar-refractivity contribution in [1.29, 1.82) is 0 Å². The first-order valence-electron chi connectivity index (χ1n) is 8.60. The molecule has 0 aliphatic carbocycles.